The Morgan fingerprint density at radius 2 is 1.96 bits per heavy atom. The molecule has 2 heterocycles. The number of hydrogen-bond donors (Lipinski definition) is 1. The molecule has 0 fully saturated rings. The molecular weight excluding hydrogens is 413 g/mol. The van der Waals surface area contributed by atoms with Gasteiger partial charge in [-0.3, -0.25) is 9.48 Å². The van der Waals surface area contributed by atoms with Crippen LogP contribution >= 0.6 is 34.8 Å². The Balaban J connectivity index is 1.56. The Bertz CT molecular complexity index is 954. The van der Waals surface area contributed by atoms with E-state index < -0.39 is 0 Å². The number of ether oxygens (including phenoxy) is 1. The number of hydrogen-bond acceptors (Lipinski definition) is 4. The minimum Gasteiger partial charge on any atom is -0.470 e. The molecule has 0 atom stereocenters. The molecule has 1 N–H and O–H groups in total. The molecule has 3 aromatic rings. The fourth-order valence-electron chi connectivity index (χ4n) is 2.26. The summed E-state index contributed by atoms with van der Waals surface area (Å²) in [4.78, 5) is 12.2. The molecule has 1 aromatic carbocycles. The highest BCUT2D eigenvalue weighted by atomic mass is 35.5. The van der Waals surface area contributed by atoms with Crippen molar-refractivity contribution in [2.75, 3.05) is 0 Å². The van der Waals surface area contributed by atoms with Crippen molar-refractivity contribution in [1.82, 2.24) is 24.9 Å². The monoisotopic (exact) mass is 427 g/mol. The second-order valence-electron chi connectivity index (χ2n) is 5.55. The predicted octanol–water partition coefficient (Wildman–Crippen LogP) is 4.03. The molecule has 10 heteroatoms. The van der Waals surface area contributed by atoms with Crippen LogP contribution in [0, 0.1) is 0 Å². The number of amides is 1. The van der Waals surface area contributed by atoms with Crippen LogP contribution in [-0.2, 0) is 19.8 Å². The highest BCUT2D eigenvalue weighted by Gasteiger charge is 2.12. The van der Waals surface area contributed by atoms with Crippen molar-refractivity contribution in [3.63, 3.8) is 0 Å². The van der Waals surface area contributed by atoms with Crippen LogP contribution in [0.15, 0.2) is 36.7 Å². The normalized spacial score (nSPS) is 10.8. The molecule has 0 radical (unpaired) electrons. The van der Waals surface area contributed by atoms with Crippen molar-refractivity contribution in [2.45, 2.75) is 26.7 Å². The number of rotatable bonds is 7. The lowest BCUT2D eigenvalue weighted by Gasteiger charge is -2.08. The molecule has 27 heavy (non-hydrogen) atoms. The summed E-state index contributed by atoms with van der Waals surface area (Å²) < 4.78 is 8.77. The van der Waals surface area contributed by atoms with Gasteiger partial charge in [-0.2, -0.15) is 10.2 Å². The van der Waals surface area contributed by atoms with Gasteiger partial charge >= 0.3 is 0 Å². The Morgan fingerprint density at radius 1 is 1.15 bits per heavy atom. The van der Waals surface area contributed by atoms with Crippen LogP contribution in [0.5, 0.6) is 5.75 Å². The smallest absolute Gasteiger partial charge is 0.272 e. The molecule has 0 aliphatic rings. The number of aryl methyl sites for hydroxylation is 1. The van der Waals surface area contributed by atoms with Crippen molar-refractivity contribution in [2.24, 2.45) is 0 Å². The number of benzene rings is 1. The average molecular weight is 429 g/mol. The van der Waals surface area contributed by atoms with Crippen LogP contribution in [0.25, 0.3) is 0 Å². The lowest BCUT2D eigenvalue weighted by molar-refractivity contribution is 0.0943. The number of nitrogens with zero attached hydrogens (tertiary/aromatic N) is 4. The fourth-order valence-corrected chi connectivity index (χ4v) is 2.94. The van der Waals surface area contributed by atoms with Crippen molar-refractivity contribution < 1.29 is 9.53 Å². The van der Waals surface area contributed by atoms with Gasteiger partial charge < -0.3 is 10.1 Å². The molecule has 7 nitrogen and oxygen atoms in total. The van der Waals surface area contributed by atoms with Gasteiger partial charge in [-0.15, -0.1) is 0 Å². The third-order valence-electron chi connectivity index (χ3n) is 3.65. The highest BCUT2D eigenvalue weighted by molar-refractivity contribution is 6.35. The highest BCUT2D eigenvalue weighted by Crippen LogP contribution is 2.27. The third-order valence-corrected chi connectivity index (χ3v) is 4.49. The van der Waals surface area contributed by atoms with Gasteiger partial charge in [0.2, 0.25) is 0 Å². The Hall–Kier alpha value is -2.22. The van der Waals surface area contributed by atoms with Crippen LogP contribution in [-0.4, -0.2) is 25.5 Å². The van der Waals surface area contributed by atoms with Crippen LogP contribution in [0.2, 0.25) is 15.1 Å². The zero-order valence-electron chi connectivity index (χ0n) is 14.3. The number of carbonyl (C=O) groups excluding carboxylic acids is 1. The second-order valence-corrected chi connectivity index (χ2v) is 6.80. The number of aromatic nitrogens is 4. The van der Waals surface area contributed by atoms with Crippen molar-refractivity contribution >= 4 is 40.7 Å². The SMILES string of the molecule is CCn1cc(Cl)c(CNC(=O)c2ccn(COc3ccc(Cl)cc3Cl)n2)n1. The molecule has 0 bridgehead atoms. The summed E-state index contributed by atoms with van der Waals surface area (Å²) in [5, 5.41) is 12.6. The van der Waals surface area contributed by atoms with Gasteiger partial charge in [0.05, 0.1) is 16.6 Å². The van der Waals surface area contributed by atoms with E-state index in [4.69, 9.17) is 39.5 Å². The maximum Gasteiger partial charge on any atom is 0.272 e. The Kier molecular flexibility index (Phi) is 6.26. The molecule has 3 rings (SSSR count). The Labute approximate surface area is 170 Å². The van der Waals surface area contributed by atoms with Gasteiger partial charge in [0.15, 0.2) is 6.73 Å². The van der Waals surface area contributed by atoms with E-state index in [1.54, 1.807) is 41.3 Å². The predicted molar refractivity (Wildman–Crippen MR) is 103 cm³/mol. The largest absolute Gasteiger partial charge is 0.470 e. The molecular formula is C17H16Cl3N5O2. The van der Waals surface area contributed by atoms with E-state index in [1.165, 1.54) is 4.68 Å². The lowest BCUT2D eigenvalue weighted by Crippen LogP contribution is -2.24. The molecule has 0 saturated heterocycles. The van der Waals surface area contributed by atoms with Crippen molar-refractivity contribution in [3.8, 4) is 5.75 Å². The van der Waals surface area contributed by atoms with Gasteiger partial charge in [0.25, 0.3) is 5.91 Å². The summed E-state index contributed by atoms with van der Waals surface area (Å²) in [6.45, 7) is 2.98. The zero-order valence-corrected chi connectivity index (χ0v) is 16.6. The number of halogens is 3. The fraction of sp³-hybridized carbons (Fsp3) is 0.235. The van der Waals surface area contributed by atoms with Gasteiger partial charge in [0.1, 0.15) is 17.1 Å². The third kappa shape index (κ3) is 4.94. The first-order chi connectivity index (χ1) is 13.0. The summed E-state index contributed by atoms with van der Waals surface area (Å²) >= 11 is 18.0. The minimum absolute atomic E-state index is 0.0986. The second kappa shape index (κ2) is 8.65. The summed E-state index contributed by atoms with van der Waals surface area (Å²) in [7, 11) is 0. The van der Waals surface area contributed by atoms with Crippen molar-refractivity contribution in [1.29, 1.82) is 0 Å². The zero-order chi connectivity index (χ0) is 19.4. The van der Waals surface area contributed by atoms with E-state index in [0.29, 0.717) is 33.1 Å². The average Bonchev–Trinajstić information content (AvgIpc) is 3.25. The molecule has 0 aliphatic carbocycles. The van der Waals surface area contributed by atoms with Gasteiger partial charge in [-0.25, -0.2) is 4.68 Å². The van der Waals surface area contributed by atoms with Crippen LogP contribution in [0.3, 0.4) is 0 Å². The van der Waals surface area contributed by atoms with Crippen molar-refractivity contribution in [3.05, 3.63) is 63.1 Å². The van der Waals surface area contributed by atoms with E-state index in [0.717, 1.165) is 0 Å². The summed E-state index contributed by atoms with van der Waals surface area (Å²) in [6.07, 6.45) is 3.36. The molecule has 0 spiro atoms. The maximum atomic E-state index is 12.2. The van der Waals surface area contributed by atoms with Crippen LogP contribution in [0.1, 0.15) is 23.1 Å². The van der Waals surface area contributed by atoms with E-state index in [9.17, 15) is 4.79 Å². The Morgan fingerprint density at radius 3 is 2.67 bits per heavy atom. The first-order valence-corrected chi connectivity index (χ1v) is 9.21. The first-order valence-electron chi connectivity index (χ1n) is 8.07. The molecule has 0 aliphatic heterocycles. The minimum atomic E-state index is -0.333. The first kappa shape index (κ1) is 19.5. The molecule has 1 amide bonds. The number of nitrogens with one attached hydrogen (secondary N) is 1. The molecule has 0 saturated carbocycles. The molecule has 2 aromatic heterocycles. The molecule has 142 valence electrons. The van der Waals surface area contributed by atoms with E-state index >= 15 is 0 Å². The van der Waals surface area contributed by atoms with Crippen LogP contribution < -0.4 is 10.1 Å². The summed E-state index contributed by atoms with van der Waals surface area (Å²) in [6, 6.07) is 6.52. The number of carbonyl (C=O) groups is 1. The quantitative estimate of drug-likeness (QED) is 0.617. The maximum absolute atomic E-state index is 12.2. The standard InChI is InChI=1S/C17H16Cl3N5O2/c1-2-24-9-13(20)15(23-24)8-21-17(26)14-5-6-25(22-14)10-27-16-4-3-11(18)7-12(16)19/h3-7,9H,2,8,10H2,1H3,(H,21,26). The van der Waals surface area contributed by atoms with Gasteiger partial charge in [0, 0.05) is 24.0 Å². The molecule has 0 unspecified atom stereocenters. The summed E-state index contributed by atoms with van der Waals surface area (Å²) in [5.74, 6) is 0.143. The van der Waals surface area contributed by atoms with E-state index in [-0.39, 0.29) is 24.9 Å². The van der Waals surface area contributed by atoms with Crippen LogP contribution in [0.4, 0.5) is 0 Å². The summed E-state index contributed by atoms with van der Waals surface area (Å²) in [5.41, 5.74) is 0.860. The lowest BCUT2D eigenvalue weighted by atomic mass is 10.3. The van der Waals surface area contributed by atoms with E-state index in [2.05, 4.69) is 15.5 Å². The van der Waals surface area contributed by atoms with Gasteiger partial charge in [-0.05, 0) is 31.2 Å². The van der Waals surface area contributed by atoms with Gasteiger partial charge in [-0.1, -0.05) is 34.8 Å². The van der Waals surface area contributed by atoms with E-state index in [1.807, 2.05) is 6.92 Å². The topological polar surface area (TPSA) is 74.0 Å².